The largest absolute Gasteiger partial charge is 0.316 e. The van der Waals surface area contributed by atoms with Crippen molar-refractivity contribution in [2.45, 2.75) is 78.1 Å². The van der Waals surface area contributed by atoms with E-state index < -0.39 is 0 Å². The zero-order valence-electron chi connectivity index (χ0n) is 13.3. The number of hydrogen-bond donors (Lipinski definition) is 1. The minimum Gasteiger partial charge on any atom is -0.316 e. The summed E-state index contributed by atoms with van der Waals surface area (Å²) in [6.07, 6.45) is 14.8. The van der Waals surface area contributed by atoms with Gasteiger partial charge >= 0.3 is 0 Å². The van der Waals surface area contributed by atoms with E-state index in [-0.39, 0.29) is 0 Å². The molecule has 1 nitrogen and oxygen atoms in total. The molecule has 0 amide bonds. The predicted molar refractivity (Wildman–Crippen MR) is 84.3 cm³/mol. The van der Waals surface area contributed by atoms with Gasteiger partial charge in [0.25, 0.3) is 0 Å². The topological polar surface area (TPSA) is 12.0 Å². The molecule has 2 aliphatic rings. The highest BCUT2D eigenvalue weighted by Crippen LogP contribution is 2.44. The number of rotatable bonds is 6. The van der Waals surface area contributed by atoms with Crippen LogP contribution in [0.2, 0.25) is 0 Å². The summed E-state index contributed by atoms with van der Waals surface area (Å²) < 4.78 is 0. The monoisotopic (exact) mass is 265 g/mol. The molecule has 1 heteroatoms. The highest BCUT2D eigenvalue weighted by atomic mass is 14.9. The minimum absolute atomic E-state index is 0.984. The average Bonchev–Trinajstić information content (AvgIpc) is 2.48. The van der Waals surface area contributed by atoms with Crippen LogP contribution in [0.1, 0.15) is 78.1 Å². The first-order chi connectivity index (χ1) is 9.35. The fraction of sp³-hybridized carbons (Fsp3) is 1.00. The highest BCUT2D eigenvalue weighted by Gasteiger charge is 2.35. The van der Waals surface area contributed by atoms with E-state index in [2.05, 4.69) is 19.2 Å². The highest BCUT2D eigenvalue weighted by molar-refractivity contribution is 4.86. The van der Waals surface area contributed by atoms with Crippen LogP contribution in [0.5, 0.6) is 0 Å². The second kappa shape index (κ2) is 8.29. The van der Waals surface area contributed by atoms with Crippen LogP contribution in [-0.2, 0) is 0 Å². The average molecular weight is 265 g/mol. The number of nitrogens with one attached hydrogen (secondary N) is 1. The number of hydrogen-bond acceptors (Lipinski definition) is 1. The SMILES string of the molecule is CCCNCC1CCC(CC)CC1C1CCCCC1. The maximum atomic E-state index is 3.71. The molecule has 112 valence electrons. The van der Waals surface area contributed by atoms with E-state index in [1.807, 2.05) is 0 Å². The van der Waals surface area contributed by atoms with E-state index >= 15 is 0 Å². The molecule has 0 aromatic rings. The third-order valence-corrected chi connectivity index (χ3v) is 5.82. The second-order valence-electron chi connectivity index (χ2n) is 7.11. The molecule has 0 spiro atoms. The van der Waals surface area contributed by atoms with Crippen molar-refractivity contribution in [3.05, 3.63) is 0 Å². The van der Waals surface area contributed by atoms with Gasteiger partial charge in [-0.15, -0.1) is 0 Å². The lowest BCUT2D eigenvalue weighted by molar-refractivity contribution is 0.0937. The Morgan fingerprint density at radius 1 is 0.947 bits per heavy atom. The zero-order valence-corrected chi connectivity index (χ0v) is 13.3. The van der Waals surface area contributed by atoms with Crippen molar-refractivity contribution in [3.63, 3.8) is 0 Å². The van der Waals surface area contributed by atoms with Crippen LogP contribution in [0.4, 0.5) is 0 Å². The third kappa shape index (κ3) is 4.48. The lowest BCUT2D eigenvalue weighted by Crippen LogP contribution is -2.37. The molecule has 2 saturated carbocycles. The van der Waals surface area contributed by atoms with Gasteiger partial charge in [0.1, 0.15) is 0 Å². The quantitative estimate of drug-likeness (QED) is 0.666. The van der Waals surface area contributed by atoms with Crippen LogP contribution in [-0.4, -0.2) is 13.1 Å². The molecule has 0 aromatic heterocycles. The molecular formula is C18H35N. The molecule has 2 aliphatic carbocycles. The van der Waals surface area contributed by atoms with Crippen molar-refractivity contribution < 1.29 is 0 Å². The van der Waals surface area contributed by atoms with Crippen molar-refractivity contribution >= 4 is 0 Å². The Bertz CT molecular complexity index is 230. The van der Waals surface area contributed by atoms with E-state index in [0.29, 0.717) is 0 Å². The second-order valence-corrected chi connectivity index (χ2v) is 7.11. The maximum Gasteiger partial charge on any atom is -0.00178 e. The Balaban J connectivity index is 1.90. The van der Waals surface area contributed by atoms with Gasteiger partial charge < -0.3 is 5.32 Å². The lowest BCUT2D eigenvalue weighted by Gasteiger charge is -2.42. The molecule has 0 saturated heterocycles. The first-order valence-electron chi connectivity index (χ1n) is 9.05. The third-order valence-electron chi connectivity index (χ3n) is 5.82. The van der Waals surface area contributed by atoms with Gasteiger partial charge in [-0.3, -0.25) is 0 Å². The van der Waals surface area contributed by atoms with Crippen molar-refractivity contribution in [1.29, 1.82) is 0 Å². The van der Waals surface area contributed by atoms with Crippen molar-refractivity contribution in [3.8, 4) is 0 Å². The van der Waals surface area contributed by atoms with Crippen LogP contribution in [0.15, 0.2) is 0 Å². The van der Waals surface area contributed by atoms with Crippen molar-refractivity contribution in [1.82, 2.24) is 5.32 Å². The van der Waals surface area contributed by atoms with Gasteiger partial charge in [0, 0.05) is 0 Å². The molecule has 0 heterocycles. The first kappa shape index (κ1) is 15.4. The fourth-order valence-corrected chi connectivity index (χ4v) is 4.59. The Kier molecular flexibility index (Phi) is 6.70. The molecule has 2 rings (SSSR count). The van der Waals surface area contributed by atoms with Gasteiger partial charge in [0.05, 0.1) is 0 Å². The van der Waals surface area contributed by atoms with E-state index in [1.54, 1.807) is 6.42 Å². The molecule has 1 N–H and O–H groups in total. The van der Waals surface area contributed by atoms with Crippen LogP contribution in [0.25, 0.3) is 0 Å². The normalized spacial score (nSPS) is 33.5. The molecule has 2 fully saturated rings. The summed E-state index contributed by atoms with van der Waals surface area (Å²) in [6.45, 7) is 7.19. The van der Waals surface area contributed by atoms with Gasteiger partial charge in [-0.2, -0.15) is 0 Å². The summed E-state index contributed by atoms with van der Waals surface area (Å²) in [7, 11) is 0. The molecule has 3 atom stereocenters. The molecule has 0 aromatic carbocycles. The Hall–Kier alpha value is -0.0400. The first-order valence-corrected chi connectivity index (χ1v) is 9.05. The van der Waals surface area contributed by atoms with Gasteiger partial charge in [-0.1, -0.05) is 58.8 Å². The van der Waals surface area contributed by atoms with E-state index in [4.69, 9.17) is 0 Å². The van der Waals surface area contributed by atoms with Gasteiger partial charge in [0.2, 0.25) is 0 Å². The molecule has 0 bridgehead atoms. The minimum atomic E-state index is 0.984. The lowest BCUT2D eigenvalue weighted by atomic mass is 9.65. The smallest absolute Gasteiger partial charge is 0.00178 e. The van der Waals surface area contributed by atoms with Gasteiger partial charge in [-0.25, -0.2) is 0 Å². The van der Waals surface area contributed by atoms with Gasteiger partial charge in [0.15, 0.2) is 0 Å². The Morgan fingerprint density at radius 2 is 1.74 bits per heavy atom. The van der Waals surface area contributed by atoms with E-state index in [1.165, 1.54) is 70.9 Å². The summed E-state index contributed by atoms with van der Waals surface area (Å²) in [5, 5.41) is 3.71. The van der Waals surface area contributed by atoms with E-state index in [0.717, 1.165) is 23.7 Å². The predicted octanol–water partition coefficient (Wildman–Crippen LogP) is 5.01. The fourth-order valence-electron chi connectivity index (χ4n) is 4.59. The molecular weight excluding hydrogens is 230 g/mol. The zero-order chi connectivity index (χ0) is 13.5. The van der Waals surface area contributed by atoms with Crippen LogP contribution < -0.4 is 5.32 Å². The van der Waals surface area contributed by atoms with Crippen molar-refractivity contribution in [2.24, 2.45) is 23.7 Å². The summed E-state index contributed by atoms with van der Waals surface area (Å²) in [4.78, 5) is 0. The van der Waals surface area contributed by atoms with Crippen LogP contribution >= 0.6 is 0 Å². The maximum absolute atomic E-state index is 3.71. The van der Waals surface area contributed by atoms with Gasteiger partial charge in [-0.05, 0) is 56.0 Å². The summed E-state index contributed by atoms with van der Waals surface area (Å²) >= 11 is 0. The Morgan fingerprint density at radius 3 is 2.42 bits per heavy atom. The summed E-state index contributed by atoms with van der Waals surface area (Å²) in [5.74, 6) is 4.13. The molecule has 19 heavy (non-hydrogen) atoms. The van der Waals surface area contributed by atoms with E-state index in [9.17, 15) is 0 Å². The van der Waals surface area contributed by atoms with Crippen molar-refractivity contribution in [2.75, 3.05) is 13.1 Å². The summed E-state index contributed by atoms with van der Waals surface area (Å²) in [5.41, 5.74) is 0. The molecule has 3 unspecified atom stereocenters. The Labute approximate surface area is 120 Å². The molecule has 0 radical (unpaired) electrons. The standard InChI is InChI=1S/C18H35N/c1-3-12-19-14-17-11-10-15(4-2)13-18(17)16-8-6-5-7-9-16/h15-19H,3-14H2,1-2H3. The summed E-state index contributed by atoms with van der Waals surface area (Å²) in [6, 6.07) is 0. The van der Waals surface area contributed by atoms with Crippen LogP contribution in [0, 0.1) is 23.7 Å². The molecule has 0 aliphatic heterocycles. The van der Waals surface area contributed by atoms with Crippen LogP contribution in [0.3, 0.4) is 0 Å².